The molecule has 0 bridgehead atoms. The lowest BCUT2D eigenvalue weighted by molar-refractivity contribution is 0.0701. The summed E-state index contributed by atoms with van der Waals surface area (Å²) in [5, 5.41) is 10.8. The molecule has 1 aromatic heterocycles. The number of hydrogen-bond acceptors (Lipinski definition) is 4. The van der Waals surface area contributed by atoms with Crippen molar-refractivity contribution in [3.05, 3.63) is 46.2 Å². The highest BCUT2D eigenvalue weighted by Gasteiger charge is 2.11. The van der Waals surface area contributed by atoms with E-state index >= 15 is 0 Å². The van der Waals surface area contributed by atoms with Crippen LogP contribution in [0.3, 0.4) is 0 Å². The van der Waals surface area contributed by atoms with Crippen LogP contribution in [0.4, 0.5) is 0 Å². The van der Waals surface area contributed by atoms with Gasteiger partial charge in [0, 0.05) is 10.6 Å². The maximum absolute atomic E-state index is 11.0. The minimum Gasteiger partial charge on any atom is -0.497 e. The van der Waals surface area contributed by atoms with Gasteiger partial charge < -0.3 is 9.84 Å². The van der Waals surface area contributed by atoms with Gasteiger partial charge in [-0.05, 0) is 35.2 Å². The second-order valence-corrected chi connectivity index (χ2v) is 5.51. The largest absolute Gasteiger partial charge is 0.497 e. The first-order valence-corrected chi connectivity index (χ1v) is 7.13. The molecule has 18 heavy (non-hydrogen) atoms. The third-order valence-corrected chi connectivity index (χ3v) is 4.36. The normalized spacial score (nSPS) is 10.3. The Kier molecular flexibility index (Phi) is 4.28. The molecule has 2 rings (SSSR count). The van der Waals surface area contributed by atoms with E-state index in [-0.39, 0.29) is 0 Å². The smallest absolute Gasteiger partial charge is 0.346 e. The number of thiophene rings is 1. The number of hydrogen-bond donors (Lipinski definition) is 1. The SMILES string of the molecule is COc1cccc(SCc2ccsc2C(=O)O)c1. The lowest BCUT2D eigenvalue weighted by Gasteiger charge is -2.04. The third kappa shape index (κ3) is 3.05. The highest BCUT2D eigenvalue weighted by atomic mass is 32.2. The van der Waals surface area contributed by atoms with Crippen molar-refractivity contribution in [3.8, 4) is 5.75 Å². The molecular formula is C13H12O3S2. The standard InChI is InChI=1S/C13H12O3S2/c1-16-10-3-2-4-11(7-10)18-8-9-5-6-17-12(9)13(14)15/h2-7H,8H2,1H3,(H,14,15). The van der Waals surface area contributed by atoms with Crippen molar-refractivity contribution in [2.45, 2.75) is 10.6 Å². The monoisotopic (exact) mass is 280 g/mol. The Morgan fingerprint density at radius 3 is 3.00 bits per heavy atom. The molecule has 0 atom stereocenters. The van der Waals surface area contributed by atoms with E-state index in [1.54, 1.807) is 18.9 Å². The Balaban J connectivity index is 2.06. The van der Waals surface area contributed by atoms with Crippen molar-refractivity contribution < 1.29 is 14.6 Å². The molecule has 1 aromatic carbocycles. The van der Waals surface area contributed by atoms with Gasteiger partial charge in [-0.1, -0.05) is 6.07 Å². The molecule has 1 heterocycles. The summed E-state index contributed by atoms with van der Waals surface area (Å²) in [5.41, 5.74) is 0.861. The summed E-state index contributed by atoms with van der Waals surface area (Å²) in [7, 11) is 1.63. The van der Waals surface area contributed by atoms with Crippen molar-refractivity contribution in [1.82, 2.24) is 0 Å². The zero-order chi connectivity index (χ0) is 13.0. The summed E-state index contributed by atoms with van der Waals surface area (Å²) in [6.45, 7) is 0. The number of carboxylic acid groups (broad SMARTS) is 1. The fourth-order valence-electron chi connectivity index (χ4n) is 1.49. The fraction of sp³-hybridized carbons (Fsp3) is 0.154. The minimum atomic E-state index is -0.855. The van der Waals surface area contributed by atoms with Crippen LogP contribution in [0, 0.1) is 0 Å². The number of ether oxygens (including phenoxy) is 1. The maximum Gasteiger partial charge on any atom is 0.346 e. The fourth-order valence-corrected chi connectivity index (χ4v) is 3.28. The molecule has 0 fully saturated rings. The first kappa shape index (κ1) is 13.0. The van der Waals surface area contributed by atoms with E-state index in [4.69, 9.17) is 9.84 Å². The van der Waals surface area contributed by atoms with Gasteiger partial charge in [0.1, 0.15) is 10.6 Å². The van der Waals surface area contributed by atoms with Crippen LogP contribution in [0.15, 0.2) is 40.6 Å². The molecule has 5 heteroatoms. The highest BCUT2D eigenvalue weighted by molar-refractivity contribution is 7.98. The molecular weight excluding hydrogens is 268 g/mol. The van der Waals surface area contributed by atoms with Gasteiger partial charge in [0.25, 0.3) is 0 Å². The van der Waals surface area contributed by atoms with E-state index in [9.17, 15) is 4.79 Å². The Morgan fingerprint density at radius 2 is 2.28 bits per heavy atom. The zero-order valence-corrected chi connectivity index (χ0v) is 11.4. The van der Waals surface area contributed by atoms with E-state index in [1.807, 2.05) is 35.7 Å². The number of rotatable bonds is 5. The van der Waals surface area contributed by atoms with Crippen LogP contribution >= 0.6 is 23.1 Å². The Bertz CT molecular complexity index is 549. The minimum absolute atomic E-state index is 0.422. The molecule has 0 radical (unpaired) electrons. The molecule has 0 saturated heterocycles. The Labute approximate surface area is 113 Å². The maximum atomic E-state index is 11.0. The van der Waals surface area contributed by atoms with Crippen LogP contribution in [0.1, 0.15) is 15.2 Å². The van der Waals surface area contributed by atoms with Gasteiger partial charge in [-0.3, -0.25) is 0 Å². The van der Waals surface area contributed by atoms with E-state index in [0.717, 1.165) is 16.2 Å². The van der Waals surface area contributed by atoms with Crippen molar-refractivity contribution in [2.24, 2.45) is 0 Å². The number of aromatic carboxylic acids is 1. The molecule has 0 saturated carbocycles. The van der Waals surface area contributed by atoms with Crippen molar-refractivity contribution in [3.63, 3.8) is 0 Å². The molecule has 0 spiro atoms. The molecule has 0 aliphatic heterocycles. The van der Waals surface area contributed by atoms with Gasteiger partial charge in [-0.2, -0.15) is 0 Å². The predicted molar refractivity (Wildman–Crippen MR) is 73.8 cm³/mol. The average Bonchev–Trinajstić information content (AvgIpc) is 2.85. The number of thioether (sulfide) groups is 1. The summed E-state index contributed by atoms with van der Waals surface area (Å²) >= 11 is 2.87. The summed E-state index contributed by atoms with van der Waals surface area (Å²) < 4.78 is 5.15. The van der Waals surface area contributed by atoms with Crippen LogP contribution in [-0.4, -0.2) is 18.2 Å². The van der Waals surface area contributed by atoms with Gasteiger partial charge in [-0.15, -0.1) is 23.1 Å². The van der Waals surface area contributed by atoms with Gasteiger partial charge in [0.2, 0.25) is 0 Å². The van der Waals surface area contributed by atoms with Crippen molar-refractivity contribution in [1.29, 1.82) is 0 Å². The zero-order valence-electron chi connectivity index (χ0n) is 9.75. The van der Waals surface area contributed by atoms with E-state index in [0.29, 0.717) is 10.6 Å². The van der Waals surface area contributed by atoms with Crippen LogP contribution in [0.5, 0.6) is 5.75 Å². The molecule has 0 aliphatic carbocycles. The molecule has 2 aromatic rings. The van der Waals surface area contributed by atoms with Crippen LogP contribution in [0.25, 0.3) is 0 Å². The van der Waals surface area contributed by atoms with Gasteiger partial charge in [0.15, 0.2) is 0 Å². The third-order valence-electron chi connectivity index (χ3n) is 2.38. The quantitative estimate of drug-likeness (QED) is 0.847. The van der Waals surface area contributed by atoms with Crippen molar-refractivity contribution in [2.75, 3.05) is 7.11 Å². The highest BCUT2D eigenvalue weighted by Crippen LogP contribution is 2.29. The van der Waals surface area contributed by atoms with Gasteiger partial charge in [0.05, 0.1) is 7.11 Å². The Hall–Kier alpha value is -1.46. The van der Waals surface area contributed by atoms with Crippen molar-refractivity contribution >= 4 is 29.1 Å². The second-order valence-electron chi connectivity index (χ2n) is 3.55. The average molecular weight is 280 g/mol. The number of benzene rings is 1. The lowest BCUT2D eigenvalue weighted by Crippen LogP contribution is -1.96. The first-order valence-electron chi connectivity index (χ1n) is 5.27. The molecule has 94 valence electrons. The molecule has 0 unspecified atom stereocenters. The second kappa shape index (κ2) is 5.93. The number of methoxy groups -OCH3 is 1. The van der Waals surface area contributed by atoms with Crippen LogP contribution < -0.4 is 4.74 Å². The van der Waals surface area contributed by atoms with Gasteiger partial charge in [-0.25, -0.2) is 4.79 Å². The van der Waals surface area contributed by atoms with Crippen LogP contribution in [0.2, 0.25) is 0 Å². The number of carbonyl (C=O) groups is 1. The summed E-state index contributed by atoms with van der Waals surface area (Å²) in [6, 6.07) is 9.60. The molecule has 0 aliphatic rings. The Morgan fingerprint density at radius 1 is 1.44 bits per heavy atom. The predicted octanol–water partition coefficient (Wildman–Crippen LogP) is 3.75. The van der Waals surface area contributed by atoms with Crippen LogP contribution in [-0.2, 0) is 5.75 Å². The topological polar surface area (TPSA) is 46.5 Å². The molecule has 0 amide bonds. The summed E-state index contributed by atoms with van der Waals surface area (Å²) in [5.74, 6) is 0.605. The summed E-state index contributed by atoms with van der Waals surface area (Å²) in [6.07, 6.45) is 0. The first-order chi connectivity index (χ1) is 8.70. The summed E-state index contributed by atoms with van der Waals surface area (Å²) in [4.78, 5) is 12.5. The van der Waals surface area contributed by atoms with E-state index in [2.05, 4.69) is 0 Å². The molecule has 3 nitrogen and oxygen atoms in total. The van der Waals surface area contributed by atoms with Gasteiger partial charge >= 0.3 is 5.97 Å². The van der Waals surface area contributed by atoms with E-state index < -0.39 is 5.97 Å². The lowest BCUT2D eigenvalue weighted by atomic mass is 10.3. The molecule has 1 N–H and O–H groups in total. The number of carboxylic acids is 1. The van der Waals surface area contributed by atoms with E-state index in [1.165, 1.54) is 11.3 Å².